The third-order valence-corrected chi connectivity index (χ3v) is 4.32. The number of halogens is 1. The van der Waals surface area contributed by atoms with E-state index in [1.54, 1.807) is 38.1 Å². The van der Waals surface area contributed by atoms with E-state index >= 15 is 0 Å². The molecule has 0 aliphatic rings. The molecular formula is C20H18FN5O3. The van der Waals surface area contributed by atoms with E-state index in [0.717, 1.165) is 0 Å². The molecule has 3 rings (SSSR count). The maximum absolute atomic E-state index is 12.9. The number of H-pyrrole nitrogens is 1. The molecule has 2 N–H and O–H groups in total. The first-order valence-electron chi connectivity index (χ1n) is 8.70. The van der Waals surface area contributed by atoms with Crippen LogP contribution in [0.4, 0.5) is 10.1 Å². The number of carbonyl (C=O) groups excluding carboxylic acids is 1. The van der Waals surface area contributed by atoms with Crippen LogP contribution in [0.1, 0.15) is 34.1 Å². The minimum Gasteiger partial charge on any atom is -0.295 e. The van der Waals surface area contributed by atoms with Gasteiger partial charge in [0.25, 0.3) is 11.5 Å². The van der Waals surface area contributed by atoms with Gasteiger partial charge in [-0.25, -0.2) is 14.5 Å². The Hall–Kier alpha value is -3.88. The molecule has 0 aliphatic heterocycles. The highest BCUT2D eigenvalue weighted by molar-refractivity contribution is 6.01. The van der Waals surface area contributed by atoms with Crippen LogP contribution < -0.4 is 11.0 Å². The van der Waals surface area contributed by atoms with Gasteiger partial charge in [0.05, 0.1) is 17.0 Å². The minimum absolute atomic E-state index is 0.210. The lowest BCUT2D eigenvalue weighted by Gasteiger charge is -2.03. The number of carbonyl (C=O) groups is 1. The van der Waals surface area contributed by atoms with Crippen molar-refractivity contribution in [1.29, 1.82) is 0 Å². The van der Waals surface area contributed by atoms with Crippen LogP contribution in [0.2, 0.25) is 0 Å². The zero-order valence-electron chi connectivity index (χ0n) is 15.8. The Morgan fingerprint density at radius 1 is 1.21 bits per heavy atom. The lowest BCUT2D eigenvalue weighted by atomic mass is 10.2. The summed E-state index contributed by atoms with van der Waals surface area (Å²) in [6.07, 6.45) is 0. The van der Waals surface area contributed by atoms with Crippen molar-refractivity contribution in [3.05, 3.63) is 86.2 Å². The Balaban J connectivity index is 1.85. The van der Waals surface area contributed by atoms with Crippen LogP contribution in [0, 0.1) is 11.8 Å². The molecule has 0 aliphatic carbocycles. The molecule has 1 heterocycles. The molecule has 0 saturated heterocycles. The number of aryl methyl sites for hydroxylation is 1. The topological polar surface area (TPSA) is 109 Å². The van der Waals surface area contributed by atoms with Crippen LogP contribution in [-0.2, 0) is 6.67 Å². The van der Waals surface area contributed by atoms with Gasteiger partial charge in [-0.1, -0.05) is 12.1 Å². The molecule has 3 aromatic rings. The van der Waals surface area contributed by atoms with Crippen LogP contribution in [-0.4, -0.2) is 21.4 Å². The molecule has 8 nitrogen and oxygen atoms in total. The van der Waals surface area contributed by atoms with E-state index in [9.17, 15) is 18.9 Å². The number of hydrazone groups is 1. The number of amides is 1. The molecule has 0 unspecified atom stereocenters. The zero-order valence-corrected chi connectivity index (χ0v) is 15.8. The SMILES string of the molecule is CC(=NNC(=O)c1ccc(N=O)cc1)c1c(C)[nH]n(-c2cccc(CF)c2)c1=O. The van der Waals surface area contributed by atoms with Crippen LogP contribution in [0.15, 0.2) is 63.6 Å². The fourth-order valence-corrected chi connectivity index (χ4v) is 2.86. The minimum atomic E-state index is -0.633. The second kappa shape index (κ2) is 8.42. The molecule has 0 bridgehead atoms. The summed E-state index contributed by atoms with van der Waals surface area (Å²) in [5, 5.41) is 9.73. The molecule has 1 amide bonds. The van der Waals surface area contributed by atoms with Crippen LogP contribution in [0.25, 0.3) is 5.69 Å². The third-order valence-electron chi connectivity index (χ3n) is 4.32. The van der Waals surface area contributed by atoms with E-state index in [-0.39, 0.29) is 11.2 Å². The molecule has 148 valence electrons. The fraction of sp³-hybridized carbons (Fsp3) is 0.150. The fourth-order valence-electron chi connectivity index (χ4n) is 2.86. The van der Waals surface area contributed by atoms with E-state index in [1.165, 1.54) is 28.9 Å². The highest BCUT2D eigenvalue weighted by Gasteiger charge is 2.16. The average Bonchev–Trinajstić information content (AvgIpc) is 3.05. The monoisotopic (exact) mass is 395 g/mol. The van der Waals surface area contributed by atoms with Gasteiger partial charge in [0.2, 0.25) is 0 Å². The van der Waals surface area contributed by atoms with Gasteiger partial charge in [0.1, 0.15) is 12.4 Å². The lowest BCUT2D eigenvalue weighted by molar-refractivity contribution is 0.0955. The molecule has 0 fully saturated rings. The summed E-state index contributed by atoms with van der Waals surface area (Å²) >= 11 is 0. The number of benzene rings is 2. The van der Waals surface area contributed by atoms with Crippen molar-refractivity contribution in [2.24, 2.45) is 10.3 Å². The summed E-state index contributed by atoms with van der Waals surface area (Å²) in [6, 6.07) is 12.3. The number of aromatic amines is 1. The molecule has 0 spiro atoms. The van der Waals surface area contributed by atoms with Gasteiger partial charge >= 0.3 is 0 Å². The molecule has 29 heavy (non-hydrogen) atoms. The normalized spacial score (nSPS) is 11.3. The number of alkyl halides is 1. The maximum atomic E-state index is 12.9. The Morgan fingerprint density at radius 2 is 1.93 bits per heavy atom. The van der Waals surface area contributed by atoms with Crippen molar-refractivity contribution in [3.8, 4) is 5.69 Å². The van der Waals surface area contributed by atoms with Crippen molar-refractivity contribution in [2.45, 2.75) is 20.5 Å². The second-order valence-corrected chi connectivity index (χ2v) is 6.33. The van der Waals surface area contributed by atoms with Crippen molar-refractivity contribution < 1.29 is 9.18 Å². The number of nitrogens with zero attached hydrogens (tertiary/aromatic N) is 3. The molecule has 0 radical (unpaired) electrons. The summed E-state index contributed by atoms with van der Waals surface area (Å²) in [5.74, 6) is -0.494. The molecule has 9 heteroatoms. The summed E-state index contributed by atoms with van der Waals surface area (Å²) in [6.45, 7) is 2.67. The highest BCUT2D eigenvalue weighted by atomic mass is 19.1. The molecular weight excluding hydrogens is 377 g/mol. The van der Waals surface area contributed by atoms with Crippen molar-refractivity contribution >= 4 is 17.3 Å². The molecule has 1 aromatic heterocycles. The van der Waals surface area contributed by atoms with Gasteiger partial charge in [-0.05, 0) is 61.0 Å². The molecule has 0 saturated carbocycles. The van der Waals surface area contributed by atoms with Crippen LogP contribution in [0.5, 0.6) is 0 Å². The summed E-state index contributed by atoms with van der Waals surface area (Å²) in [4.78, 5) is 35.5. The second-order valence-electron chi connectivity index (χ2n) is 6.33. The van der Waals surface area contributed by atoms with Gasteiger partial charge in [0.15, 0.2) is 0 Å². The van der Waals surface area contributed by atoms with Crippen LogP contribution >= 0.6 is 0 Å². The van der Waals surface area contributed by atoms with Gasteiger partial charge in [-0.15, -0.1) is 4.91 Å². The molecule has 0 atom stereocenters. The third kappa shape index (κ3) is 4.18. The first-order chi connectivity index (χ1) is 13.9. The maximum Gasteiger partial charge on any atom is 0.280 e. The van der Waals surface area contributed by atoms with E-state index in [4.69, 9.17) is 0 Å². The smallest absolute Gasteiger partial charge is 0.280 e. The summed E-state index contributed by atoms with van der Waals surface area (Å²) < 4.78 is 14.2. The Morgan fingerprint density at radius 3 is 2.59 bits per heavy atom. The Kier molecular flexibility index (Phi) is 5.77. The standard InChI is InChI=1S/C20H18FN5O3/c1-12(22-23-19(27)15-6-8-16(25-29)9-7-15)18-13(2)24-26(20(18)28)17-5-3-4-14(10-17)11-21/h3-10,24H,11H2,1-2H3,(H,23,27). The van der Waals surface area contributed by atoms with Gasteiger partial charge in [-0.2, -0.15) is 5.10 Å². The highest BCUT2D eigenvalue weighted by Crippen LogP contribution is 2.13. The first-order valence-corrected chi connectivity index (χ1v) is 8.70. The number of hydrogen-bond donors (Lipinski definition) is 2. The van der Waals surface area contributed by atoms with Gasteiger partial charge in [0, 0.05) is 11.3 Å². The predicted octanol–water partition coefficient (Wildman–Crippen LogP) is 3.50. The largest absolute Gasteiger partial charge is 0.295 e. The zero-order chi connectivity index (χ0) is 21.0. The number of nitroso groups, excluding NO2 is 1. The van der Waals surface area contributed by atoms with Crippen molar-refractivity contribution in [2.75, 3.05) is 0 Å². The lowest BCUT2D eigenvalue weighted by Crippen LogP contribution is -2.23. The Bertz CT molecular complexity index is 1150. The van der Waals surface area contributed by atoms with Gasteiger partial charge in [-0.3, -0.25) is 14.7 Å². The van der Waals surface area contributed by atoms with Crippen LogP contribution in [0.3, 0.4) is 0 Å². The number of hydrogen-bond acceptors (Lipinski definition) is 5. The predicted molar refractivity (Wildman–Crippen MR) is 108 cm³/mol. The van der Waals surface area contributed by atoms with E-state index in [1.807, 2.05) is 0 Å². The van der Waals surface area contributed by atoms with Gasteiger partial charge < -0.3 is 0 Å². The first kappa shape index (κ1) is 19.9. The van der Waals surface area contributed by atoms with E-state index < -0.39 is 12.6 Å². The van der Waals surface area contributed by atoms with E-state index in [2.05, 4.69) is 20.8 Å². The van der Waals surface area contributed by atoms with E-state index in [0.29, 0.717) is 33.8 Å². The molecule has 2 aromatic carbocycles. The quantitative estimate of drug-likeness (QED) is 0.379. The van der Waals surface area contributed by atoms with Crippen molar-refractivity contribution in [1.82, 2.24) is 15.2 Å². The number of rotatable bonds is 6. The number of aromatic nitrogens is 2. The average molecular weight is 395 g/mol. The summed E-state index contributed by atoms with van der Waals surface area (Å²) in [7, 11) is 0. The summed E-state index contributed by atoms with van der Waals surface area (Å²) in [5.41, 5.74) is 4.64. The Labute approximate surface area is 165 Å². The number of nitrogens with one attached hydrogen (secondary N) is 2. The van der Waals surface area contributed by atoms with Crippen molar-refractivity contribution in [3.63, 3.8) is 0 Å².